The van der Waals surface area contributed by atoms with Crippen LogP contribution in [0.1, 0.15) is 53.4 Å². The van der Waals surface area contributed by atoms with E-state index in [9.17, 15) is 10.2 Å². The van der Waals surface area contributed by atoms with Gasteiger partial charge in [-0.05, 0) is 44.6 Å². The zero-order valence-electron chi connectivity index (χ0n) is 11.9. The average Bonchev–Trinajstić information content (AvgIpc) is 2.34. The van der Waals surface area contributed by atoms with E-state index in [2.05, 4.69) is 25.7 Å². The van der Waals surface area contributed by atoms with Gasteiger partial charge in [0.2, 0.25) is 0 Å². The normalized spacial score (nSPS) is 30.0. The highest BCUT2D eigenvalue weighted by Crippen LogP contribution is 2.24. The number of rotatable bonds is 3. The number of nitrogens with zero attached hydrogens (tertiary/aromatic N) is 1. The molecule has 102 valence electrons. The van der Waals surface area contributed by atoms with Gasteiger partial charge in [0.05, 0.1) is 11.7 Å². The van der Waals surface area contributed by atoms with Crippen LogP contribution in [0.5, 0.6) is 0 Å². The van der Waals surface area contributed by atoms with Crippen molar-refractivity contribution >= 4 is 0 Å². The lowest BCUT2D eigenvalue weighted by Crippen LogP contribution is -2.34. The van der Waals surface area contributed by atoms with Crippen molar-refractivity contribution < 1.29 is 10.2 Å². The van der Waals surface area contributed by atoms with E-state index in [-0.39, 0.29) is 11.5 Å². The lowest BCUT2D eigenvalue weighted by molar-refractivity contribution is 0.0375. The Morgan fingerprint density at radius 2 is 1.88 bits per heavy atom. The molecule has 0 amide bonds. The van der Waals surface area contributed by atoms with Gasteiger partial charge < -0.3 is 15.1 Å². The van der Waals surface area contributed by atoms with Crippen LogP contribution in [0, 0.1) is 5.41 Å². The Kier molecular flexibility index (Phi) is 4.99. The summed E-state index contributed by atoms with van der Waals surface area (Å²) in [6.07, 6.45) is 3.38. The Morgan fingerprint density at radius 1 is 1.24 bits per heavy atom. The van der Waals surface area contributed by atoms with Crippen molar-refractivity contribution in [1.29, 1.82) is 0 Å². The summed E-state index contributed by atoms with van der Waals surface area (Å²) in [6.45, 7) is 11.1. The Bertz CT molecular complexity index is 233. The quantitative estimate of drug-likeness (QED) is 0.797. The van der Waals surface area contributed by atoms with Crippen molar-refractivity contribution in [2.24, 2.45) is 5.41 Å². The van der Waals surface area contributed by atoms with E-state index < -0.39 is 5.60 Å². The zero-order chi connectivity index (χ0) is 13.1. The van der Waals surface area contributed by atoms with E-state index in [0.29, 0.717) is 0 Å². The van der Waals surface area contributed by atoms with Crippen LogP contribution in [-0.2, 0) is 0 Å². The van der Waals surface area contributed by atoms with Gasteiger partial charge in [-0.2, -0.15) is 0 Å². The maximum absolute atomic E-state index is 10.0. The molecule has 0 saturated carbocycles. The van der Waals surface area contributed by atoms with Gasteiger partial charge in [-0.15, -0.1) is 0 Å². The molecule has 2 N–H and O–H groups in total. The standard InChI is InChI=1S/C14H29NO2/c1-13(2,3)12(16)6-10-15-9-5-7-14(4,17)8-11-15/h12,16-17H,5-11H2,1-4H3. The third-order valence-electron chi connectivity index (χ3n) is 3.87. The molecule has 1 aliphatic rings. The molecule has 1 fully saturated rings. The predicted octanol–water partition coefficient (Wildman–Crippen LogP) is 2.02. The second-order valence-corrected chi connectivity index (χ2v) is 6.86. The van der Waals surface area contributed by atoms with Gasteiger partial charge in [0.1, 0.15) is 0 Å². The summed E-state index contributed by atoms with van der Waals surface area (Å²) in [5.74, 6) is 0. The van der Waals surface area contributed by atoms with E-state index in [1.165, 1.54) is 0 Å². The minimum atomic E-state index is -0.489. The van der Waals surface area contributed by atoms with E-state index >= 15 is 0 Å². The number of likely N-dealkylation sites (tertiary alicyclic amines) is 1. The lowest BCUT2D eigenvalue weighted by Gasteiger charge is -2.29. The van der Waals surface area contributed by atoms with Gasteiger partial charge in [0.15, 0.2) is 0 Å². The second kappa shape index (κ2) is 5.68. The Hall–Kier alpha value is -0.120. The first-order chi connectivity index (χ1) is 7.71. The minimum Gasteiger partial charge on any atom is -0.393 e. The SMILES string of the molecule is CC1(O)CCCN(CCC(O)C(C)(C)C)CC1. The number of aliphatic hydroxyl groups excluding tert-OH is 1. The first-order valence-electron chi connectivity index (χ1n) is 6.83. The van der Waals surface area contributed by atoms with E-state index in [4.69, 9.17) is 0 Å². The maximum atomic E-state index is 10.0. The molecule has 1 saturated heterocycles. The second-order valence-electron chi connectivity index (χ2n) is 6.86. The highest BCUT2D eigenvalue weighted by Gasteiger charge is 2.26. The zero-order valence-corrected chi connectivity index (χ0v) is 11.9. The number of hydrogen-bond acceptors (Lipinski definition) is 3. The van der Waals surface area contributed by atoms with E-state index in [0.717, 1.165) is 45.3 Å². The molecule has 0 aromatic heterocycles. The molecule has 0 aliphatic carbocycles. The van der Waals surface area contributed by atoms with Gasteiger partial charge in [0.25, 0.3) is 0 Å². The van der Waals surface area contributed by atoms with Crippen LogP contribution >= 0.6 is 0 Å². The molecule has 0 radical (unpaired) electrons. The maximum Gasteiger partial charge on any atom is 0.0632 e. The fraction of sp³-hybridized carbons (Fsp3) is 1.00. The van der Waals surface area contributed by atoms with Crippen LogP contribution in [0.2, 0.25) is 0 Å². The highest BCUT2D eigenvalue weighted by atomic mass is 16.3. The van der Waals surface area contributed by atoms with Gasteiger partial charge >= 0.3 is 0 Å². The molecule has 1 heterocycles. The average molecular weight is 243 g/mol. The molecule has 3 heteroatoms. The number of aliphatic hydroxyl groups is 2. The van der Waals surface area contributed by atoms with Crippen LogP contribution < -0.4 is 0 Å². The van der Waals surface area contributed by atoms with Gasteiger partial charge in [0, 0.05) is 13.1 Å². The van der Waals surface area contributed by atoms with Crippen LogP contribution in [-0.4, -0.2) is 46.5 Å². The van der Waals surface area contributed by atoms with Crippen molar-refractivity contribution in [3.63, 3.8) is 0 Å². The summed E-state index contributed by atoms with van der Waals surface area (Å²) in [5, 5.41) is 20.0. The molecule has 0 aromatic carbocycles. The molecule has 0 spiro atoms. The highest BCUT2D eigenvalue weighted by molar-refractivity contribution is 4.80. The Balaban J connectivity index is 2.33. The molecule has 0 bridgehead atoms. The van der Waals surface area contributed by atoms with E-state index in [1.54, 1.807) is 0 Å². The van der Waals surface area contributed by atoms with Crippen molar-refractivity contribution in [3.8, 4) is 0 Å². The lowest BCUT2D eigenvalue weighted by atomic mass is 9.87. The van der Waals surface area contributed by atoms with Crippen molar-refractivity contribution in [2.45, 2.75) is 65.1 Å². The van der Waals surface area contributed by atoms with Crippen LogP contribution in [0.15, 0.2) is 0 Å². The van der Waals surface area contributed by atoms with Crippen molar-refractivity contribution in [1.82, 2.24) is 4.90 Å². The summed E-state index contributed by atoms with van der Waals surface area (Å²) in [4.78, 5) is 2.37. The molecule has 3 nitrogen and oxygen atoms in total. The molecule has 1 rings (SSSR count). The largest absolute Gasteiger partial charge is 0.393 e. The monoisotopic (exact) mass is 243 g/mol. The topological polar surface area (TPSA) is 43.7 Å². The summed E-state index contributed by atoms with van der Waals surface area (Å²) in [7, 11) is 0. The van der Waals surface area contributed by atoms with Gasteiger partial charge in [-0.25, -0.2) is 0 Å². The smallest absolute Gasteiger partial charge is 0.0632 e. The molecule has 0 aromatic rings. The summed E-state index contributed by atoms with van der Waals surface area (Å²) in [5.41, 5.74) is -0.519. The third-order valence-corrected chi connectivity index (χ3v) is 3.87. The van der Waals surface area contributed by atoms with Crippen LogP contribution in [0.3, 0.4) is 0 Å². The molecule has 17 heavy (non-hydrogen) atoms. The Labute approximate surface area is 106 Å². The molecule has 1 aliphatic heterocycles. The molecular weight excluding hydrogens is 214 g/mol. The van der Waals surface area contributed by atoms with Gasteiger partial charge in [-0.3, -0.25) is 0 Å². The Morgan fingerprint density at radius 3 is 2.47 bits per heavy atom. The summed E-state index contributed by atoms with van der Waals surface area (Å²) in [6, 6.07) is 0. The first kappa shape index (κ1) is 14.9. The number of hydrogen-bond donors (Lipinski definition) is 2. The fourth-order valence-electron chi connectivity index (χ4n) is 2.28. The minimum absolute atomic E-state index is 0.0304. The van der Waals surface area contributed by atoms with Crippen LogP contribution in [0.25, 0.3) is 0 Å². The molecule has 2 atom stereocenters. The third kappa shape index (κ3) is 5.36. The van der Waals surface area contributed by atoms with Crippen molar-refractivity contribution in [2.75, 3.05) is 19.6 Å². The molecular formula is C14H29NO2. The van der Waals surface area contributed by atoms with Crippen LogP contribution in [0.4, 0.5) is 0 Å². The first-order valence-corrected chi connectivity index (χ1v) is 6.83. The molecule has 2 unspecified atom stereocenters. The fourth-order valence-corrected chi connectivity index (χ4v) is 2.28. The van der Waals surface area contributed by atoms with Crippen molar-refractivity contribution in [3.05, 3.63) is 0 Å². The predicted molar refractivity (Wildman–Crippen MR) is 71.0 cm³/mol. The summed E-state index contributed by atoms with van der Waals surface area (Å²) < 4.78 is 0. The van der Waals surface area contributed by atoms with Gasteiger partial charge in [-0.1, -0.05) is 20.8 Å². The van der Waals surface area contributed by atoms with E-state index in [1.807, 2.05) is 6.92 Å². The summed E-state index contributed by atoms with van der Waals surface area (Å²) >= 11 is 0.